The summed E-state index contributed by atoms with van der Waals surface area (Å²) in [6, 6.07) is 18.4. The van der Waals surface area contributed by atoms with E-state index in [4.69, 9.17) is 9.15 Å². The number of benzene rings is 2. The van der Waals surface area contributed by atoms with Crippen molar-refractivity contribution in [3.63, 3.8) is 0 Å². The van der Waals surface area contributed by atoms with E-state index in [2.05, 4.69) is 24.0 Å². The number of aryl methyl sites for hydroxylation is 1. The first-order valence-corrected chi connectivity index (χ1v) is 11.7. The lowest BCUT2D eigenvalue weighted by atomic mass is 9.90. The maximum absolute atomic E-state index is 13.0. The maximum Gasteiger partial charge on any atom is 0.226 e. The van der Waals surface area contributed by atoms with Crippen LogP contribution >= 0.6 is 0 Å². The van der Waals surface area contributed by atoms with Crippen LogP contribution in [0.25, 0.3) is 11.0 Å². The zero-order chi connectivity index (χ0) is 22.1. The number of amides is 1. The van der Waals surface area contributed by atoms with Crippen LogP contribution in [-0.4, -0.2) is 49.0 Å². The summed E-state index contributed by atoms with van der Waals surface area (Å²) in [5.41, 5.74) is 2.39. The van der Waals surface area contributed by atoms with Gasteiger partial charge in [-0.3, -0.25) is 9.69 Å². The van der Waals surface area contributed by atoms with Crippen LogP contribution in [0.4, 0.5) is 0 Å². The second-order valence-electron chi connectivity index (χ2n) is 9.57. The third-order valence-electron chi connectivity index (χ3n) is 7.29. The Labute approximate surface area is 189 Å². The Morgan fingerprint density at radius 2 is 1.91 bits per heavy atom. The van der Waals surface area contributed by atoms with Gasteiger partial charge in [0.25, 0.3) is 0 Å². The molecule has 5 rings (SSSR count). The van der Waals surface area contributed by atoms with Crippen LogP contribution in [0.3, 0.4) is 0 Å². The summed E-state index contributed by atoms with van der Waals surface area (Å²) in [5, 5.41) is 1.17. The van der Waals surface area contributed by atoms with E-state index < -0.39 is 0 Å². The fourth-order valence-electron chi connectivity index (χ4n) is 5.05. The van der Waals surface area contributed by atoms with Gasteiger partial charge >= 0.3 is 0 Å². The van der Waals surface area contributed by atoms with Gasteiger partial charge in [0.2, 0.25) is 5.91 Å². The standard InChI is InChI=1S/C27H32N2O3/c1-20-7-9-22(10-8-20)31-16-15-28(2)26(30)24-18-27(24)11-13-29(14-12-27)19-23-17-21-5-3-4-6-25(21)32-23/h3-10,17,24H,11-16,18-19H2,1-2H3. The van der Waals surface area contributed by atoms with Crippen molar-refractivity contribution in [2.24, 2.45) is 11.3 Å². The number of likely N-dealkylation sites (tertiary alicyclic amines) is 1. The largest absolute Gasteiger partial charge is 0.492 e. The number of ether oxygens (including phenoxy) is 1. The number of likely N-dealkylation sites (N-methyl/N-ethyl adjacent to an activating group) is 1. The van der Waals surface area contributed by atoms with Gasteiger partial charge < -0.3 is 14.1 Å². The summed E-state index contributed by atoms with van der Waals surface area (Å²) in [6.07, 6.45) is 3.22. The van der Waals surface area contributed by atoms with Crippen molar-refractivity contribution in [1.29, 1.82) is 0 Å². The van der Waals surface area contributed by atoms with E-state index in [1.54, 1.807) is 0 Å². The number of furan rings is 1. The molecular formula is C27H32N2O3. The van der Waals surface area contributed by atoms with Crippen molar-refractivity contribution in [1.82, 2.24) is 9.80 Å². The van der Waals surface area contributed by atoms with Crippen molar-refractivity contribution >= 4 is 16.9 Å². The molecule has 32 heavy (non-hydrogen) atoms. The van der Waals surface area contributed by atoms with E-state index >= 15 is 0 Å². The van der Waals surface area contributed by atoms with Gasteiger partial charge in [-0.15, -0.1) is 0 Å². The van der Waals surface area contributed by atoms with Crippen molar-refractivity contribution < 1.29 is 13.9 Å². The quantitative estimate of drug-likeness (QED) is 0.534. The lowest BCUT2D eigenvalue weighted by Crippen LogP contribution is -2.38. The third-order valence-corrected chi connectivity index (χ3v) is 7.29. The fraction of sp³-hybridized carbons (Fsp3) is 0.444. The molecule has 1 unspecified atom stereocenters. The predicted molar refractivity (Wildman–Crippen MR) is 126 cm³/mol. The predicted octanol–water partition coefficient (Wildman–Crippen LogP) is 4.88. The molecule has 2 aromatic carbocycles. The monoisotopic (exact) mass is 432 g/mol. The molecule has 0 radical (unpaired) electrons. The van der Waals surface area contributed by atoms with Crippen LogP contribution in [0.15, 0.2) is 59.0 Å². The zero-order valence-electron chi connectivity index (χ0n) is 19.0. The Balaban J connectivity index is 1.07. The molecular weight excluding hydrogens is 400 g/mol. The second kappa shape index (κ2) is 8.62. The summed E-state index contributed by atoms with van der Waals surface area (Å²) in [7, 11) is 1.91. The second-order valence-corrected chi connectivity index (χ2v) is 9.57. The first kappa shape index (κ1) is 21.1. The average molecular weight is 433 g/mol. The number of fused-ring (bicyclic) bond motifs is 1. The van der Waals surface area contributed by atoms with Crippen molar-refractivity contribution in [2.45, 2.75) is 32.7 Å². The highest BCUT2D eigenvalue weighted by molar-refractivity contribution is 5.82. The average Bonchev–Trinajstić information content (AvgIpc) is 3.34. The van der Waals surface area contributed by atoms with Gasteiger partial charge in [-0.1, -0.05) is 35.9 Å². The van der Waals surface area contributed by atoms with E-state index in [9.17, 15) is 4.79 Å². The first-order chi connectivity index (χ1) is 15.5. The molecule has 1 spiro atoms. The van der Waals surface area contributed by atoms with E-state index in [0.717, 1.165) is 56.0 Å². The van der Waals surface area contributed by atoms with E-state index in [1.807, 2.05) is 54.4 Å². The number of hydrogen-bond donors (Lipinski definition) is 0. The van der Waals surface area contributed by atoms with E-state index in [-0.39, 0.29) is 17.2 Å². The molecule has 1 saturated heterocycles. The number of nitrogens with zero attached hydrogens (tertiary/aromatic N) is 2. The summed E-state index contributed by atoms with van der Waals surface area (Å²) >= 11 is 0. The van der Waals surface area contributed by atoms with Crippen LogP contribution < -0.4 is 4.74 Å². The van der Waals surface area contributed by atoms with Gasteiger partial charge in [0.1, 0.15) is 23.7 Å². The molecule has 1 aliphatic heterocycles. The SMILES string of the molecule is Cc1ccc(OCCN(C)C(=O)C2CC23CCN(Cc2cc4ccccc4o2)CC3)cc1. The minimum atomic E-state index is 0.181. The molecule has 2 aliphatic rings. The first-order valence-electron chi connectivity index (χ1n) is 11.7. The van der Waals surface area contributed by atoms with Crippen LogP contribution in [0.2, 0.25) is 0 Å². The van der Waals surface area contributed by atoms with E-state index in [1.165, 1.54) is 10.9 Å². The third kappa shape index (κ3) is 4.40. The van der Waals surface area contributed by atoms with Gasteiger partial charge in [0.15, 0.2) is 0 Å². The molecule has 2 heterocycles. The molecule has 1 aliphatic carbocycles. The Morgan fingerprint density at radius 3 is 2.66 bits per heavy atom. The Hall–Kier alpha value is -2.79. The van der Waals surface area contributed by atoms with Gasteiger partial charge in [0, 0.05) is 18.4 Å². The van der Waals surface area contributed by atoms with Crippen molar-refractivity contribution in [3.05, 3.63) is 65.9 Å². The maximum atomic E-state index is 13.0. The van der Waals surface area contributed by atoms with E-state index in [0.29, 0.717) is 13.2 Å². The lowest BCUT2D eigenvalue weighted by Gasteiger charge is -2.32. The molecule has 5 nitrogen and oxygen atoms in total. The Bertz CT molecular complexity index is 1050. The van der Waals surface area contributed by atoms with Gasteiger partial charge in [-0.25, -0.2) is 0 Å². The zero-order valence-corrected chi connectivity index (χ0v) is 19.0. The molecule has 0 bridgehead atoms. The van der Waals surface area contributed by atoms with Crippen LogP contribution in [0.1, 0.15) is 30.6 Å². The highest BCUT2D eigenvalue weighted by atomic mass is 16.5. The minimum Gasteiger partial charge on any atom is -0.492 e. The summed E-state index contributed by atoms with van der Waals surface area (Å²) < 4.78 is 11.8. The number of para-hydroxylation sites is 1. The van der Waals surface area contributed by atoms with Gasteiger partial charge in [0.05, 0.1) is 13.1 Å². The molecule has 1 atom stereocenters. The molecule has 168 valence electrons. The van der Waals surface area contributed by atoms with Crippen LogP contribution in [0.5, 0.6) is 5.75 Å². The number of piperidine rings is 1. The summed E-state index contributed by atoms with van der Waals surface area (Å²) in [5.74, 6) is 2.35. The topological polar surface area (TPSA) is 45.9 Å². The normalized spacial score (nSPS) is 19.9. The minimum absolute atomic E-state index is 0.181. The number of hydrogen-bond acceptors (Lipinski definition) is 4. The van der Waals surface area contributed by atoms with Crippen molar-refractivity contribution in [2.75, 3.05) is 33.3 Å². The fourth-order valence-corrected chi connectivity index (χ4v) is 5.05. The molecule has 2 fully saturated rings. The molecule has 0 N–H and O–H groups in total. The Kier molecular flexibility index (Phi) is 5.68. The highest BCUT2D eigenvalue weighted by Gasteiger charge is 2.58. The van der Waals surface area contributed by atoms with Crippen molar-refractivity contribution in [3.8, 4) is 5.75 Å². The van der Waals surface area contributed by atoms with Crippen LogP contribution in [0, 0.1) is 18.3 Å². The molecule has 1 amide bonds. The number of rotatable bonds is 7. The summed E-state index contributed by atoms with van der Waals surface area (Å²) in [4.78, 5) is 17.3. The molecule has 3 aromatic rings. The molecule has 1 saturated carbocycles. The smallest absolute Gasteiger partial charge is 0.226 e. The summed E-state index contributed by atoms with van der Waals surface area (Å²) in [6.45, 7) is 6.11. The molecule has 1 aromatic heterocycles. The molecule has 5 heteroatoms. The lowest BCUT2D eigenvalue weighted by molar-refractivity contribution is -0.132. The highest BCUT2D eigenvalue weighted by Crippen LogP contribution is 2.60. The van der Waals surface area contributed by atoms with Crippen LogP contribution in [-0.2, 0) is 11.3 Å². The number of carbonyl (C=O) groups is 1. The number of carbonyl (C=O) groups excluding carboxylic acids is 1. The van der Waals surface area contributed by atoms with Gasteiger partial charge in [-0.05, 0) is 69.0 Å². The van der Waals surface area contributed by atoms with Gasteiger partial charge in [-0.2, -0.15) is 0 Å². The Morgan fingerprint density at radius 1 is 1.16 bits per heavy atom.